The summed E-state index contributed by atoms with van der Waals surface area (Å²) in [5.41, 5.74) is 2.86. The van der Waals surface area contributed by atoms with E-state index >= 15 is 0 Å². The Bertz CT molecular complexity index is 948. The van der Waals surface area contributed by atoms with E-state index in [0.29, 0.717) is 23.1 Å². The third-order valence-corrected chi connectivity index (χ3v) is 5.44. The number of carbonyl (C=O) groups is 1. The van der Waals surface area contributed by atoms with Gasteiger partial charge in [0, 0.05) is 16.0 Å². The van der Waals surface area contributed by atoms with Crippen molar-refractivity contribution in [3.63, 3.8) is 0 Å². The molecule has 1 N–H and O–H groups in total. The molecule has 0 saturated carbocycles. The SMILES string of the molecule is CCC(CC)C(=O)NCc1nc2ccccc2n1Cc1ccc(Cl)cc1Cl. The lowest BCUT2D eigenvalue weighted by Crippen LogP contribution is -2.30. The van der Waals surface area contributed by atoms with E-state index in [9.17, 15) is 4.79 Å². The summed E-state index contributed by atoms with van der Waals surface area (Å²) in [6.45, 7) is 5.01. The van der Waals surface area contributed by atoms with E-state index in [1.807, 2.05) is 50.2 Å². The van der Waals surface area contributed by atoms with Crippen molar-refractivity contribution in [3.05, 3.63) is 63.9 Å². The van der Waals surface area contributed by atoms with E-state index in [2.05, 4.69) is 9.88 Å². The van der Waals surface area contributed by atoms with Gasteiger partial charge in [-0.05, 0) is 42.7 Å². The second kappa shape index (κ2) is 8.77. The number of hydrogen-bond donors (Lipinski definition) is 1. The normalized spacial score (nSPS) is 11.3. The fraction of sp³-hybridized carbons (Fsp3) is 0.333. The summed E-state index contributed by atoms with van der Waals surface area (Å²) in [5.74, 6) is 0.915. The van der Waals surface area contributed by atoms with Crippen LogP contribution in [-0.2, 0) is 17.9 Å². The van der Waals surface area contributed by atoms with Crippen molar-refractivity contribution < 1.29 is 4.79 Å². The number of nitrogens with zero attached hydrogens (tertiary/aromatic N) is 2. The predicted molar refractivity (Wildman–Crippen MR) is 111 cm³/mol. The summed E-state index contributed by atoms with van der Waals surface area (Å²) in [6, 6.07) is 13.4. The van der Waals surface area contributed by atoms with Gasteiger partial charge < -0.3 is 9.88 Å². The molecule has 4 nitrogen and oxygen atoms in total. The number of benzene rings is 2. The fourth-order valence-corrected chi connectivity index (χ4v) is 3.70. The molecule has 6 heteroatoms. The van der Waals surface area contributed by atoms with Gasteiger partial charge >= 0.3 is 0 Å². The summed E-state index contributed by atoms with van der Waals surface area (Å²) >= 11 is 12.4. The number of rotatable bonds is 7. The lowest BCUT2D eigenvalue weighted by molar-refractivity contribution is -0.125. The van der Waals surface area contributed by atoms with E-state index in [1.165, 1.54) is 0 Å². The van der Waals surface area contributed by atoms with Crippen LogP contribution in [0.2, 0.25) is 10.0 Å². The summed E-state index contributed by atoms with van der Waals surface area (Å²) in [5, 5.41) is 4.26. The zero-order valence-electron chi connectivity index (χ0n) is 15.5. The lowest BCUT2D eigenvalue weighted by atomic mass is 10.0. The van der Waals surface area contributed by atoms with Gasteiger partial charge in [-0.25, -0.2) is 4.98 Å². The average Bonchev–Trinajstić information content (AvgIpc) is 3.01. The Kier molecular flexibility index (Phi) is 6.40. The Hall–Kier alpha value is -2.04. The maximum atomic E-state index is 12.4. The molecule has 1 heterocycles. The first kappa shape index (κ1) is 19.7. The van der Waals surface area contributed by atoms with Crippen LogP contribution in [0.15, 0.2) is 42.5 Å². The highest BCUT2D eigenvalue weighted by Gasteiger charge is 2.17. The van der Waals surface area contributed by atoms with E-state index in [-0.39, 0.29) is 11.8 Å². The van der Waals surface area contributed by atoms with E-state index in [0.717, 1.165) is 35.3 Å². The minimum absolute atomic E-state index is 0.0357. The van der Waals surface area contributed by atoms with Gasteiger partial charge in [0.1, 0.15) is 5.82 Å². The predicted octanol–water partition coefficient (Wildman–Crippen LogP) is 5.44. The quantitative estimate of drug-likeness (QED) is 0.570. The van der Waals surface area contributed by atoms with Crippen molar-refractivity contribution >= 4 is 40.1 Å². The van der Waals surface area contributed by atoms with Crippen LogP contribution >= 0.6 is 23.2 Å². The first-order valence-corrected chi connectivity index (χ1v) is 9.94. The van der Waals surface area contributed by atoms with Gasteiger partial charge in [0.05, 0.1) is 24.1 Å². The molecule has 27 heavy (non-hydrogen) atoms. The Morgan fingerprint density at radius 1 is 1.15 bits per heavy atom. The maximum Gasteiger partial charge on any atom is 0.223 e. The Labute approximate surface area is 169 Å². The molecular weight excluding hydrogens is 381 g/mol. The standard InChI is InChI=1S/C21H23Cl2N3O/c1-3-14(4-2)21(27)24-12-20-25-18-7-5-6-8-19(18)26(20)13-15-9-10-16(22)11-17(15)23/h5-11,14H,3-4,12-13H2,1-2H3,(H,24,27). The number of hydrogen-bond acceptors (Lipinski definition) is 2. The molecular formula is C21H23Cl2N3O. The molecule has 0 saturated heterocycles. The summed E-state index contributed by atoms with van der Waals surface area (Å²) in [7, 11) is 0. The van der Waals surface area contributed by atoms with Crippen LogP contribution in [0.25, 0.3) is 11.0 Å². The van der Waals surface area contributed by atoms with E-state index in [1.54, 1.807) is 6.07 Å². The largest absolute Gasteiger partial charge is 0.349 e. The van der Waals surface area contributed by atoms with Gasteiger partial charge in [-0.3, -0.25) is 4.79 Å². The molecule has 0 aliphatic rings. The Balaban J connectivity index is 1.91. The molecule has 0 aliphatic carbocycles. The zero-order valence-corrected chi connectivity index (χ0v) is 17.0. The monoisotopic (exact) mass is 403 g/mol. The average molecular weight is 404 g/mol. The number of aromatic nitrogens is 2. The van der Waals surface area contributed by atoms with Crippen LogP contribution < -0.4 is 5.32 Å². The summed E-state index contributed by atoms with van der Waals surface area (Å²) < 4.78 is 2.09. The van der Waals surface area contributed by atoms with E-state index < -0.39 is 0 Å². The Morgan fingerprint density at radius 3 is 2.59 bits per heavy atom. The Morgan fingerprint density at radius 2 is 1.89 bits per heavy atom. The minimum Gasteiger partial charge on any atom is -0.349 e. The first-order valence-electron chi connectivity index (χ1n) is 9.19. The van der Waals surface area contributed by atoms with Gasteiger partial charge in [0.15, 0.2) is 0 Å². The number of halogens is 2. The zero-order chi connectivity index (χ0) is 19.4. The second-order valence-electron chi connectivity index (χ2n) is 6.57. The fourth-order valence-electron chi connectivity index (χ4n) is 3.23. The molecule has 0 unspecified atom stereocenters. The molecule has 142 valence electrons. The van der Waals surface area contributed by atoms with Crippen molar-refractivity contribution in [1.29, 1.82) is 0 Å². The third kappa shape index (κ3) is 4.45. The molecule has 2 aromatic carbocycles. The van der Waals surface area contributed by atoms with Crippen molar-refractivity contribution in [2.45, 2.75) is 39.8 Å². The molecule has 0 bridgehead atoms. The summed E-state index contributed by atoms with van der Waals surface area (Å²) in [6.07, 6.45) is 1.66. The van der Waals surface area contributed by atoms with Gasteiger partial charge in [-0.2, -0.15) is 0 Å². The van der Waals surface area contributed by atoms with Crippen LogP contribution in [0.3, 0.4) is 0 Å². The highest BCUT2D eigenvalue weighted by molar-refractivity contribution is 6.35. The van der Waals surface area contributed by atoms with Crippen molar-refractivity contribution in [2.24, 2.45) is 5.92 Å². The topological polar surface area (TPSA) is 46.9 Å². The van der Waals surface area contributed by atoms with Crippen LogP contribution in [0.4, 0.5) is 0 Å². The van der Waals surface area contributed by atoms with Gasteiger partial charge in [-0.1, -0.05) is 55.2 Å². The number of imidazole rings is 1. The number of carbonyl (C=O) groups excluding carboxylic acids is 1. The van der Waals surface area contributed by atoms with Gasteiger partial charge in [-0.15, -0.1) is 0 Å². The van der Waals surface area contributed by atoms with Crippen molar-refractivity contribution in [3.8, 4) is 0 Å². The number of amides is 1. The molecule has 1 amide bonds. The third-order valence-electron chi connectivity index (χ3n) is 4.85. The molecule has 0 atom stereocenters. The maximum absolute atomic E-state index is 12.4. The molecule has 3 aromatic rings. The first-order chi connectivity index (χ1) is 13.0. The van der Waals surface area contributed by atoms with Crippen LogP contribution in [-0.4, -0.2) is 15.5 Å². The molecule has 0 radical (unpaired) electrons. The number of nitrogens with one attached hydrogen (secondary N) is 1. The number of fused-ring (bicyclic) bond motifs is 1. The van der Waals surface area contributed by atoms with Crippen LogP contribution in [0, 0.1) is 5.92 Å². The van der Waals surface area contributed by atoms with Crippen molar-refractivity contribution in [2.75, 3.05) is 0 Å². The lowest BCUT2D eigenvalue weighted by Gasteiger charge is -2.14. The highest BCUT2D eigenvalue weighted by atomic mass is 35.5. The molecule has 3 rings (SSSR count). The molecule has 0 fully saturated rings. The summed E-state index contributed by atoms with van der Waals surface area (Å²) in [4.78, 5) is 17.1. The highest BCUT2D eigenvalue weighted by Crippen LogP contribution is 2.24. The molecule has 1 aromatic heterocycles. The van der Waals surface area contributed by atoms with E-state index in [4.69, 9.17) is 28.2 Å². The molecule has 0 spiro atoms. The van der Waals surface area contributed by atoms with Gasteiger partial charge in [0.25, 0.3) is 0 Å². The van der Waals surface area contributed by atoms with Crippen LogP contribution in [0.5, 0.6) is 0 Å². The second-order valence-corrected chi connectivity index (χ2v) is 7.41. The van der Waals surface area contributed by atoms with Crippen LogP contribution in [0.1, 0.15) is 38.1 Å². The number of para-hydroxylation sites is 2. The van der Waals surface area contributed by atoms with Gasteiger partial charge in [0.2, 0.25) is 5.91 Å². The molecule has 0 aliphatic heterocycles. The minimum atomic E-state index is 0.0357. The van der Waals surface area contributed by atoms with Crippen molar-refractivity contribution in [1.82, 2.24) is 14.9 Å². The smallest absolute Gasteiger partial charge is 0.223 e.